The molecule has 3 aromatic rings. The zero-order valence-electron chi connectivity index (χ0n) is 18.3. The van der Waals surface area contributed by atoms with Crippen LogP contribution < -0.4 is 0 Å². The van der Waals surface area contributed by atoms with E-state index in [1.807, 2.05) is 36.4 Å². The van der Waals surface area contributed by atoms with Gasteiger partial charge in [0.25, 0.3) is 0 Å². The first-order valence-corrected chi connectivity index (χ1v) is 11.5. The molecule has 1 fully saturated rings. The van der Waals surface area contributed by atoms with Crippen LogP contribution in [0.15, 0.2) is 97.1 Å². The SMILES string of the molecule is O=C(OCc1ccccc1)C1CC2CCC(c3ccccc3)=C[C@@H]2N1Cc1ccccc1. The molecule has 0 saturated carbocycles. The van der Waals surface area contributed by atoms with Crippen molar-refractivity contribution in [1.29, 1.82) is 0 Å². The van der Waals surface area contributed by atoms with E-state index in [0.717, 1.165) is 31.4 Å². The standard InChI is InChI=1S/C29H29NO2/c31-29(32-21-23-12-6-2-7-13-23)28-19-26-17-16-25(24-14-8-3-9-15-24)18-27(26)30(28)20-22-10-4-1-5-11-22/h1-15,18,26-28H,16-17,19-21H2/t26?,27-,28?/m0/s1. The summed E-state index contributed by atoms with van der Waals surface area (Å²) in [5.41, 5.74) is 4.94. The van der Waals surface area contributed by atoms with Crippen molar-refractivity contribution in [2.24, 2.45) is 5.92 Å². The molecular weight excluding hydrogens is 394 g/mol. The summed E-state index contributed by atoms with van der Waals surface area (Å²) in [4.78, 5) is 15.6. The molecule has 3 nitrogen and oxygen atoms in total. The number of nitrogens with zero attached hydrogens (tertiary/aromatic N) is 1. The summed E-state index contributed by atoms with van der Waals surface area (Å²) in [6.45, 7) is 1.08. The fraction of sp³-hybridized carbons (Fsp3) is 0.276. The number of hydrogen-bond acceptors (Lipinski definition) is 3. The van der Waals surface area contributed by atoms with Gasteiger partial charge in [-0.05, 0) is 47.4 Å². The van der Waals surface area contributed by atoms with Crippen molar-refractivity contribution in [3.63, 3.8) is 0 Å². The van der Waals surface area contributed by atoms with Crippen LogP contribution in [0, 0.1) is 5.92 Å². The number of allylic oxidation sites excluding steroid dienone is 1. The average Bonchev–Trinajstić information content (AvgIpc) is 3.22. The Morgan fingerprint density at radius 2 is 1.47 bits per heavy atom. The lowest BCUT2D eigenvalue weighted by molar-refractivity contribution is -0.150. The van der Waals surface area contributed by atoms with E-state index in [2.05, 4.69) is 65.6 Å². The zero-order chi connectivity index (χ0) is 21.8. The third-order valence-electron chi connectivity index (χ3n) is 6.80. The Hall–Kier alpha value is -3.17. The third-order valence-corrected chi connectivity index (χ3v) is 6.80. The monoisotopic (exact) mass is 423 g/mol. The summed E-state index contributed by atoms with van der Waals surface area (Å²) < 4.78 is 5.80. The van der Waals surface area contributed by atoms with E-state index in [-0.39, 0.29) is 18.1 Å². The lowest BCUT2D eigenvalue weighted by atomic mass is 9.83. The quantitative estimate of drug-likeness (QED) is 0.465. The first-order valence-electron chi connectivity index (χ1n) is 11.5. The zero-order valence-corrected chi connectivity index (χ0v) is 18.3. The Kier molecular flexibility index (Phi) is 6.17. The molecule has 0 aromatic heterocycles. The fourth-order valence-corrected chi connectivity index (χ4v) is 5.15. The number of benzene rings is 3. The molecule has 3 atom stereocenters. The van der Waals surface area contributed by atoms with E-state index in [0.29, 0.717) is 12.5 Å². The first-order chi connectivity index (χ1) is 15.8. The summed E-state index contributed by atoms with van der Waals surface area (Å²) in [6, 6.07) is 31.1. The number of rotatable bonds is 6. The molecule has 0 bridgehead atoms. The van der Waals surface area contributed by atoms with E-state index in [1.165, 1.54) is 16.7 Å². The maximum absolute atomic E-state index is 13.2. The predicted molar refractivity (Wildman–Crippen MR) is 128 cm³/mol. The van der Waals surface area contributed by atoms with Crippen molar-refractivity contribution in [3.05, 3.63) is 114 Å². The number of ether oxygens (including phenoxy) is 1. The highest BCUT2D eigenvalue weighted by Crippen LogP contribution is 2.42. The van der Waals surface area contributed by atoms with Crippen LogP contribution in [-0.2, 0) is 22.7 Å². The molecule has 1 heterocycles. The van der Waals surface area contributed by atoms with Crippen LogP contribution >= 0.6 is 0 Å². The predicted octanol–water partition coefficient (Wildman–Crippen LogP) is 5.87. The molecule has 2 unspecified atom stereocenters. The van der Waals surface area contributed by atoms with E-state index in [4.69, 9.17) is 4.74 Å². The molecule has 3 aromatic carbocycles. The Balaban J connectivity index is 1.39. The Morgan fingerprint density at radius 1 is 0.844 bits per heavy atom. The Bertz CT molecular complexity index is 1060. The lowest BCUT2D eigenvalue weighted by Gasteiger charge is -2.32. The smallest absolute Gasteiger partial charge is 0.323 e. The molecule has 1 aliphatic heterocycles. The molecule has 0 radical (unpaired) electrons. The topological polar surface area (TPSA) is 29.5 Å². The number of likely N-dealkylation sites (tertiary alicyclic amines) is 1. The van der Waals surface area contributed by atoms with Gasteiger partial charge >= 0.3 is 5.97 Å². The summed E-state index contributed by atoms with van der Waals surface area (Å²) in [7, 11) is 0. The second-order valence-electron chi connectivity index (χ2n) is 8.85. The van der Waals surface area contributed by atoms with Crippen molar-refractivity contribution < 1.29 is 9.53 Å². The second-order valence-corrected chi connectivity index (χ2v) is 8.85. The molecular formula is C29H29NO2. The molecule has 2 aliphatic rings. The molecule has 0 N–H and O–H groups in total. The van der Waals surface area contributed by atoms with Gasteiger partial charge in [-0.3, -0.25) is 9.69 Å². The second kappa shape index (κ2) is 9.54. The Labute approximate surface area is 190 Å². The van der Waals surface area contributed by atoms with Gasteiger partial charge in [0.1, 0.15) is 12.6 Å². The molecule has 162 valence electrons. The van der Waals surface area contributed by atoms with Crippen LogP contribution in [0.1, 0.15) is 36.0 Å². The molecule has 32 heavy (non-hydrogen) atoms. The fourth-order valence-electron chi connectivity index (χ4n) is 5.15. The summed E-state index contributed by atoms with van der Waals surface area (Å²) in [6.07, 6.45) is 5.45. The normalized spacial score (nSPS) is 22.8. The van der Waals surface area contributed by atoms with Crippen LogP contribution in [0.5, 0.6) is 0 Å². The van der Waals surface area contributed by atoms with Crippen molar-refractivity contribution in [2.75, 3.05) is 0 Å². The van der Waals surface area contributed by atoms with Gasteiger partial charge in [0, 0.05) is 12.6 Å². The van der Waals surface area contributed by atoms with Gasteiger partial charge in [-0.25, -0.2) is 0 Å². The lowest BCUT2D eigenvalue weighted by Crippen LogP contribution is -2.41. The number of hydrogen-bond donors (Lipinski definition) is 0. The van der Waals surface area contributed by atoms with E-state index in [1.54, 1.807) is 0 Å². The summed E-state index contributed by atoms with van der Waals surface area (Å²) in [5.74, 6) is 0.384. The Morgan fingerprint density at radius 3 is 2.16 bits per heavy atom. The summed E-state index contributed by atoms with van der Waals surface area (Å²) >= 11 is 0. The van der Waals surface area contributed by atoms with Gasteiger partial charge in [0.05, 0.1) is 0 Å². The molecule has 5 rings (SSSR count). The van der Waals surface area contributed by atoms with Crippen LogP contribution in [0.2, 0.25) is 0 Å². The van der Waals surface area contributed by atoms with Gasteiger partial charge < -0.3 is 4.74 Å². The minimum atomic E-state index is -0.208. The molecule has 1 aliphatic carbocycles. The largest absolute Gasteiger partial charge is 0.460 e. The number of esters is 1. The van der Waals surface area contributed by atoms with Gasteiger partial charge in [0.2, 0.25) is 0 Å². The summed E-state index contributed by atoms with van der Waals surface area (Å²) in [5, 5.41) is 0. The van der Waals surface area contributed by atoms with Crippen molar-refractivity contribution in [2.45, 2.75) is 44.5 Å². The highest BCUT2D eigenvalue weighted by molar-refractivity contribution is 5.77. The maximum atomic E-state index is 13.2. The van der Waals surface area contributed by atoms with Crippen molar-refractivity contribution in [1.82, 2.24) is 4.90 Å². The van der Waals surface area contributed by atoms with E-state index >= 15 is 0 Å². The maximum Gasteiger partial charge on any atom is 0.323 e. The van der Waals surface area contributed by atoms with E-state index < -0.39 is 0 Å². The van der Waals surface area contributed by atoms with Gasteiger partial charge in [-0.1, -0.05) is 97.1 Å². The van der Waals surface area contributed by atoms with Crippen molar-refractivity contribution >= 4 is 11.5 Å². The molecule has 0 amide bonds. The van der Waals surface area contributed by atoms with Gasteiger partial charge in [-0.2, -0.15) is 0 Å². The minimum Gasteiger partial charge on any atom is -0.460 e. The molecule has 0 spiro atoms. The van der Waals surface area contributed by atoms with Crippen LogP contribution in [0.4, 0.5) is 0 Å². The highest BCUT2D eigenvalue weighted by atomic mass is 16.5. The van der Waals surface area contributed by atoms with E-state index in [9.17, 15) is 4.79 Å². The number of carbonyl (C=O) groups excluding carboxylic acids is 1. The van der Waals surface area contributed by atoms with Crippen molar-refractivity contribution in [3.8, 4) is 0 Å². The van der Waals surface area contributed by atoms with Gasteiger partial charge in [0.15, 0.2) is 0 Å². The van der Waals surface area contributed by atoms with Crippen LogP contribution in [0.25, 0.3) is 5.57 Å². The van der Waals surface area contributed by atoms with Crippen LogP contribution in [0.3, 0.4) is 0 Å². The average molecular weight is 424 g/mol. The first kappa shape index (κ1) is 20.7. The minimum absolute atomic E-state index is 0.103. The number of carbonyl (C=O) groups is 1. The van der Waals surface area contributed by atoms with Crippen LogP contribution in [-0.4, -0.2) is 23.0 Å². The molecule has 1 saturated heterocycles. The number of fused-ring (bicyclic) bond motifs is 1. The third kappa shape index (κ3) is 4.53. The highest BCUT2D eigenvalue weighted by Gasteiger charge is 2.45. The van der Waals surface area contributed by atoms with Gasteiger partial charge in [-0.15, -0.1) is 0 Å². The molecule has 3 heteroatoms.